The molecule has 3 saturated carbocycles. The zero-order chi connectivity index (χ0) is 48.0. The summed E-state index contributed by atoms with van der Waals surface area (Å²) in [5.41, 5.74) is -3.30. The van der Waals surface area contributed by atoms with Crippen LogP contribution in [0.5, 0.6) is 0 Å². The first-order chi connectivity index (χ1) is 31.6. The van der Waals surface area contributed by atoms with Crippen LogP contribution in [0.3, 0.4) is 0 Å². The minimum atomic E-state index is -6.09. The number of nitrogens with one attached hydrogen (secondary N) is 2. The Morgan fingerprint density at radius 2 is 1.60 bits per heavy atom. The van der Waals surface area contributed by atoms with Crippen molar-refractivity contribution >= 4 is 55.2 Å². The van der Waals surface area contributed by atoms with Gasteiger partial charge in [0.25, 0.3) is 25.8 Å². The summed E-state index contributed by atoms with van der Waals surface area (Å²) >= 11 is 1.41. The number of sulfonamides is 1. The molecule has 3 aromatic carbocycles. The van der Waals surface area contributed by atoms with Crippen molar-refractivity contribution in [1.82, 2.24) is 14.5 Å². The summed E-state index contributed by atoms with van der Waals surface area (Å²) in [7, 11) is -11.0. The van der Waals surface area contributed by atoms with Crippen LogP contribution in [0.1, 0.15) is 75.6 Å². The third-order valence-electron chi connectivity index (χ3n) is 14.6. The van der Waals surface area contributed by atoms with Crippen LogP contribution in [0, 0.1) is 22.2 Å². The molecule has 5 fully saturated rings. The summed E-state index contributed by atoms with van der Waals surface area (Å²) in [6, 6.07) is 17.3. The molecule has 0 radical (unpaired) electrons. The Morgan fingerprint density at radius 1 is 0.910 bits per heavy atom. The summed E-state index contributed by atoms with van der Waals surface area (Å²) in [6.07, 6.45) is 4.48. The molecule has 2 N–H and O–H groups in total. The maximum atomic E-state index is 14.2. The van der Waals surface area contributed by atoms with Gasteiger partial charge in [-0.15, -0.1) is 11.8 Å². The van der Waals surface area contributed by atoms with E-state index in [1.165, 1.54) is 35.0 Å². The van der Waals surface area contributed by atoms with Gasteiger partial charge in [-0.1, -0.05) is 43.2 Å². The fourth-order valence-corrected chi connectivity index (χ4v) is 13.8. The number of carbonyl (C=O) groups excluding carboxylic acids is 2. The first-order valence-corrected chi connectivity index (χ1v) is 26.8. The average Bonchev–Trinajstić information content (AvgIpc) is 3.73. The molecule has 2 saturated heterocycles. The lowest BCUT2D eigenvalue weighted by Crippen LogP contribution is -2.66. The molecule has 11 nitrogen and oxygen atoms in total. The molecule has 2 aliphatic heterocycles. The molecule has 0 spiro atoms. The van der Waals surface area contributed by atoms with Crippen molar-refractivity contribution in [3.05, 3.63) is 89.5 Å². The van der Waals surface area contributed by atoms with Gasteiger partial charge < -0.3 is 19.9 Å². The third kappa shape index (κ3) is 10.6. The van der Waals surface area contributed by atoms with Crippen molar-refractivity contribution < 1.29 is 48.4 Å². The number of anilines is 2. The van der Waals surface area contributed by atoms with Crippen LogP contribution in [0.25, 0.3) is 0 Å². The molecule has 0 aromatic heterocycles. The summed E-state index contributed by atoms with van der Waals surface area (Å²) in [5, 5.41) is 2.96. The van der Waals surface area contributed by atoms with Crippen molar-refractivity contribution in [3.8, 4) is 0 Å². The van der Waals surface area contributed by atoms with Crippen LogP contribution in [-0.4, -0.2) is 115 Å². The number of hydrogen-bond donors (Lipinski definition) is 2. The number of likely N-dealkylation sites (tertiary alicyclic amines) is 1. The number of allylic oxidation sites excluding steroid dienone is 1. The Kier molecular flexibility index (Phi) is 14.0. The molecule has 0 unspecified atom stereocenters. The molecule has 4 aliphatic carbocycles. The highest BCUT2D eigenvalue weighted by molar-refractivity contribution is 7.99. The van der Waals surface area contributed by atoms with Gasteiger partial charge in [0.05, 0.1) is 10.6 Å². The summed E-state index contributed by atoms with van der Waals surface area (Å²) in [6.45, 7) is 9.93. The topological polar surface area (TPSA) is 136 Å². The smallest absolute Gasteiger partial charge is 0.380 e. The fraction of sp³-hybridized carbons (Fsp3) is 0.542. The number of amides is 1. The van der Waals surface area contributed by atoms with E-state index in [0.29, 0.717) is 76.6 Å². The van der Waals surface area contributed by atoms with Gasteiger partial charge >= 0.3 is 5.51 Å². The Hall–Kier alpha value is -4.04. The van der Waals surface area contributed by atoms with Crippen LogP contribution < -0.4 is 14.9 Å². The second-order valence-corrected chi connectivity index (χ2v) is 24.7. The van der Waals surface area contributed by atoms with Gasteiger partial charge in [-0.2, -0.15) is 13.2 Å². The minimum Gasteiger partial charge on any atom is -0.380 e. The molecule has 2 heterocycles. The number of carbonyl (C=O) groups is 2. The van der Waals surface area contributed by atoms with Crippen LogP contribution in [0.2, 0.25) is 0 Å². The standard InChI is InChI=1S/C48H58F5N5O6S3/c1-45(2)17-14-35(40(25-45)46-30-47(31-46,32-46)44(49)50)27-57-20-22-58(23-21-57)37-10-8-34(9-11-37)43(60)55-67(63,64)39-12-13-41(42(24-39)66(61,62)48(51,52)53)54-36(29-65-38-6-4-3-5-7-38)16-19-56-18-15-33(26-56)28-59/h3-13,24,28,33,36,44,54H,14-23,25-27,29-32H2,1-2H3,(H,55,60)/t33-,36+,46?,47?/m0/s1. The maximum Gasteiger partial charge on any atom is 0.501 e. The van der Waals surface area contributed by atoms with E-state index in [1.54, 1.807) is 12.1 Å². The summed E-state index contributed by atoms with van der Waals surface area (Å²) < 4.78 is 125. The SMILES string of the molecule is CC1(C)CCC(CN2CCN(c3ccc(C(=O)NS(=O)(=O)c4ccc(N[C@H](CCN5CC[C@H](C=O)C5)CSc5ccccc5)c(S(=O)(=O)C(F)(F)F)c4)cc3)CC2)=C(C23CC(C(F)F)(C2)C3)C1. The first-order valence-electron chi connectivity index (χ1n) is 22.8. The zero-order valence-electron chi connectivity index (χ0n) is 37.7. The molecular weight excluding hydrogens is 934 g/mol. The lowest BCUT2D eigenvalue weighted by Gasteiger charge is -2.72. The Morgan fingerprint density at radius 3 is 2.22 bits per heavy atom. The summed E-state index contributed by atoms with van der Waals surface area (Å²) in [5.74, 6) is -0.858. The second-order valence-electron chi connectivity index (χ2n) is 20.0. The molecule has 3 aromatic rings. The molecule has 1 amide bonds. The lowest BCUT2D eigenvalue weighted by molar-refractivity contribution is -0.250. The lowest BCUT2D eigenvalue weighted by atomic mass is 9.32. The van der Waals surface area contributed by atoms with E-state index in [0.717, 1.165) is 67.9 Å². The monoisotopic (exact) mass is 991 g/mol. The van der Waals surface area contributed by atoms with Crippen LogP contribution in [0.4, 0.5) is 33.3 Å². The fourth-order valence-electron chi connectivity index (χ4n) is 10.8. The normalized spacial score (nSPS) is 25.1. The highest BCUT2D eigenvalue weighted by Gasteiger charge is 2.73. The number of aldehydes is 1. The largest absolute Gasteiger partial charge is 0.501 e. The summed E-state index contributed by atoms with van der Waals surface area (Å²) in [4.78, 5) is 30.0. The molecule has 67 heavy (non-hydrogen) atoms. The van der Waals surface area contributed by atoms with Gasteiger partial charge in [0.2, 0.25) is 6.43 Å². The third-order valence-corrected chi connectivity index (χ3v) is 18.6. The van der Waals surface area contributed by atoms with E-state index in [9.17, 15) is 48.4 Å². The molecule has 9 rings (SSSR count). The van der Waals surface area contributed by atoms with E-state index < -0.39 is 64.6 Å². The van der Waals surface area contributed by atoms with Crippen molar-refractivity contribution in [3.63, 3.8) is 0 Å². The quantitative estimate of drug-likeness (QED) is 0.0549. The van der Waals surface area contributed by atoms with Gasteiger partial charge in [-0.05, 0) is 123 Å². The van der Waals surface area contributed by atoms with E-state index in [-0.39, 0.29) is 22.3 Å². The predicted octanol–water partition coefficient (Wildman–Crippen LogP) is 8.65. The molecule has 2 atom stereocenters. The van der Waals surface area contributed by atoms with Gasteiger partial charge in [0.1, 0.15) is 11.2 Å². The van der Waals surface area contributed by atoms with Gasteiger partial charge in [0.15, 0.2) is 0 Å². The minimum absolute atomic E-state index is 0.0366. The number of sulfone groups is 1. The number of thioether (sulfide) groups is 1. The van der Waals surface area contributed by atoms with E-state index in [1.807, 2.05) is 35.1 Å². The number of benzene rings is 3. The number of alkyl halides is 5. The van der Waals surface area contributed by atoms with Crippen molar-refractivity contribution in [1.29, 1.82) is 0 Å². The van der Waals surface area contributed by atoms with Gasteiger partial charge in [-0.25, -0.2) is 30.3 Å². The van der Waals surface area contributed by atoms with Gasteiger partial charge in [-0.3, -0.25) is 9.69 Å². The molecule has 6 aliphatic rings. The Balaban J connectivity index is 0.918. The van der Waals surface area contributed by atoms with Crippen molar-refractivity contribution in [2.24, 2.45) is 22.2 Å². The molecular formula is C48H58F5N5O6S3. The maximum absolute atomic E-state index is 14.2. The Bertz CT molecular complexity index is 2550. The average molecular weight is 992 g/mol. The van der Waals surface area contributed by atoms with E-state index in [4.69, 9.17) is 0 Å². The van der Waals surface area contributed by atoms with E-state index in [2.05, 4.69) is 33.9 Å². The van der Waals surface area contributed by atoms with Crippen molar-refractivity contribution in [2.75, 3.05) is 68.3 Å². The highest BCUT2D eigenvalue weighted by Crippen LogP contribution is 2.79. The number of piperazine rings is 1. The first kappa shape index (κ1) is 49.4. The number of nitrogens with zero attached hydrogens (tertiary/aromatic N) is 3. The highest BCUT2D eigenvalue weighted by atomic mass is 32.2. The molecule has 2 bridgehead atoms. The van der Waals surface area contributed by atoms with Crippen molar-refractivity contribution in [2.45, 2.75) is 97.9 Å². The number of halogens is 5. The predicted molar refractivity (Wildman–Crippen MR) is 249 cm³/mol. The van der Waals surface area contributed by atoms with E-state index >= 15 is 0 Å². The number of rotatable bonds is 18. The van der Waals surface area contributed by atoms with Gasteiger partial charge in [0, 0.05) is 85.1 Å². The Labute approximate surface area is 394 Å². The second kappa shape index (κ2) is 19.0. The molecule has 19 heteroatoms. The molecule has 364 valence electrons. The number of hydrogen-bond acceptors (Lipinski definition) is 11. The van der Waals surface area contributed by atoms with Crippen LogP contribution >= 0.6 is 11.8 Å². The van der Waals surface area contributed by atoms with Crippen LogP contribution in [0.15, 0.2) is 98.6 Å². The zero-order valence-corrected chi connectivity index (χ0v) is 40.1. The van der Waals surface area contributed by atoms with Crippen LogP contribution in [-0.2, 0) is 24.7 Å².